The van der Waals surface area contributed by atoms with Gasteiger partial charge in [-0.2, -0.15) is 5.10 Å². The van der Waals surface area contributed by atoms with E-state index in [4.69, 9.17) is 15.6 Å². The summed E-state index contributed by atoms with van der Waals surface area (Å²) >= 11 is 0. The van der Waals surface area contributed by atoms with Crippen molar-refractivity contribution in [1.82, 2.24) is 19.1 Å². The van der Waals surface area contributed by atoms with Gasteiger partial charge in [0.1, 0.15) is 23.1 Å². The number of carbonyl (C=O) groups is 1. The second kappa shape index (κ2) is 10.8. The molecule has 2 aromatic carbocycles. The molecule has 4 heterocycles. The summed E-state index contributed by atoms with van der Waals surface area (Å²) in [5, 5.41) is 15.8. The van der Waals surface area contributed by atoms with E-state index in [-0.39, 0.29) is 31.5 Å². The molecule has 3 N–H and O–H groups in total. The van der Waals surface area contributed by atoms with Crippen LogP contribution in [0.1, 0.15) is 40.7 Å². The lowest BCUT2D eigenvalue weighted by atomic mass is 10.0. The zero-order valence-electron chi connectivity index (χ0n) is 24.5. The quantitative estimate of drug-likeness (QED) is 0.270. The standard InChI is InChI=1S/C34H36FN5O3/c1-20-32(37-40-16-26(13-31(43-2)33(20)40)34(42)38-17-27(35)14-28(36)18-38)30-12-25-9-8-24(23-5-3-4-22(10-23)19-41)11-29(25)39(30)15-21-6-7-21/h3-5,8-13,16,21,27-28,41H,6-7,14-15,17-19,36H2,1-2H3/t27-,28-/m1/s1. The zero-order chi connectivity index (χ0) is 29.8. The lowest BCUT2D eigenvalue weighted by Gasteiger charge is -2.33. The Balaban J connectivity index is 1.34. The highest BCUT2D eigenvalue weighted by Gasteiger charge is 2.30. The number of ether oxygens (including phenoxy) is 1. The van der Waals surface area contributed by atoms with Crippen LogP contribution in [0.3, 0.4) is 0 Å². The van der Waals surface area contributed by atoms with Crippen molar-refractivity contribution in [3.05, 3.63) is 77.5 Å². The second-order valence-corrected chi connectivity index (χ2v) is 12.1. The van der Waals surface area contributed by atoms with Gasteiger partial charge in [0.15, 0.2) is 0 Å². The lowest BCUT2D eigenvalue weighted by molar-refractivity contribution is 0.0606. The minimum atomic E-state index is -1.13. The van der Waals surface area contributed by atoms with E-state index >= 15 is 0 Å². The van der Waals surface area contributed by atoms with E-state index in [1.54, 1.807) is 23.9 Å². The molecular weight excluding hydrogens is 545 g/mol. The Morgan fingerprint density at radius 2 is 1.93 bits per heavy atom. The maximum atomic E-state index is 14.3. The molecule has 1 saturated carbocycles. The normalized spacial score (nSPS) is 19.0. The van der Waals surface area contributed by atoms with Crippen LogP contribution in [0, 0.1) is 12.8 Å². The topological polar surface area (TPSA) is 98.0 Å². The number of halogens is 1. The summed E-state index contributed by atoms with van der Waals surface area (Å²) in [6.07, 6.45) is 3.26. The molecule has 0 unspecified atom stereocenters. The molecule has 0 radical (unpaired) electrons. The summed E-state index contributed by atoms with van der Waals surface area (Å²) in [4.78, 5) is 14.9. The summed E-state index contributed by atoms with van der Waals surface area (Å²) in [5.41, 5.74) is 14.2. The number of likely N-dealkylation sites (tertiary alicyclic amines) is 1. The third kappa shape index (κ3) is 5.06. The largest absolute Gasteiger partial charge is 0.494 e. The first-order chi connectivity index (χ1) is 20.8. The van der Waals surface area contributed by atoms with Crippen molar-refractivity contribution in [3.63, 3.8) is 0 Å². The van der Waals surface area contributed by atoms with E-state index in [0.29, 0.717) is 23.8 Å². The number of aliphatic hydroxyl groups excluding tert-OH is 1. The van der Waals surface area contributed by atoms with Crippen LogP contribution in [0.5, 0.6) is 5.75 Å². The number of amides is 1. The van der Waals surface area contributed by atoms with Crippen molar-refractivity contribution >= 4 is 22.3 Å². The van der Waals surface area contributed by atoms with Crippen molar-refractivity contribution < 1.29 is 19.0 Å². The van der Waals surface area contributed by atoms with Gasteiger partial charge in [0.05, 0.1) is 31.5 Å². The number of alkyl halides is 1. The van der Waals surface area contributed by atoms with E-state index in [1.165, 1.54) is 17.7 Å². The summed E-state index contributed by atoms with van der Waals surface area (Å²) in [7, 11) is 1.58. The molecule has 3 aromatic heterocycles. The van der Waals surface area contributed by atoms with Crippen molar-refractivity contribution in [2.75, 3.05) is 20.2 Å². The van der Waals surface area contributed by atoms with Crippen LogP contribution in [0.2, 0.25) is 0 Å². The molecule has 0 spiro atoms. The second-order valence-electron chi connectivity index (χ2n) is 12.1. The number of fused-ring (bicyclic) bond motifs is 2. The van der Waals surface area contributed by atoms with Crippen molar-refractivity contribution in [2.45, 2.75) is 51.6 Å². The van der Waals surface area contributed by atoms with Gasteiger partial charge in [-0.15, -0.1) is 0 Å². The molecule has 222 valence electrons. The van der Waals surface area contributed by atoms with Gasteiger partial charge in [-0.25, -0.2) is 8.91 Å². The van der Waals surface area contributed by atoms with Crippen LogP contribution < -0.4 is 10.5 Å². The Labute approximate surface area is 249 Å². The van der Waals surface area contributed by atoms with Crippen LogP contribution in [0.25, 0.3) is 38.9 Å². The Morgan fingerprint density at radius 1 is 1.12 bits per heavy atom. The third-order valence-electron chi connectivity index (χ3n) is 8.84. The summed E-state index contributed by atoms with van der Waals surface area (Å²) in [5.74, 6) is 0.881. The zero-order valence-corrected chi connectivity index (χ0v) is 24.5. The van der Waals surface area contributed by atoms with Crippen LogP contribution in [0.15, 0.2) is 60.8 Å². The van der Waals surface area contributed by atoms with Gasteiger partial charge < -0.3 is 25.0 Å². The number of aryl methyl sites for hydroxylation is 1. The number of hydrogen-bond donors (Lipinski definition) is 2. The first-order valence-corrected chi connectivity index (χ1v) is 14.9. The van der Waals surface area contributed by atoms with E-state index in [2.05, 4.69) is 34.9 Å². The maximum absolute atomic E-state index is 14.3. The number of pyridine rings is 1. The van der Waals surface area contributed by atoms with E-state index in [0.717, 1.165) is 56.6 Å². The Kier molecular flexibility index (Phi) is 6.94. The SMILES string of the molecule is COc1cc(C(=O)N2C[C@H](N)C[C@@H](F)C2)cn2nc(-c3cc4ccc(-c5cccc(CO)c5)cc4n3CC3CC3)c(C)c12. The highest BCUT2D eigenvalue weighted by molar-refractivity contribution is 5.96. The van der Waals surface area contributed by atoms with Crippen molar-refractivity contribution in [1.29, 1.82) is 0 Å². The molecule has 0 bridgehead atoms. The number of aliphatic hydroxyl groups is 1. The van der Waals surface area contributed by atoms with E-state index in [9.17, 15) is 14.3 Å². The average Bonchev–Trinajstić information content (AvgIpc) is 3.68. The van der Waals surface area contributed by atoms with Gasteiger partial charge >= 0.3 is 0 Å². The molecule has 2 aliphatic rings. The lowest BCUT2D eigenvalue weighted by Crippen LogP contribution is -2.50. The number of piperidine rings is 1. The van der Waals surface area contributed by atoms with Crippen LogP contribution in [0.4, 0.5) is 4.39 Å². The van der Waals surface area contributed by atoms with Gasteiger partial charge in [0, 0.05) is 41.8 Å². The summed E-state index contributed by atoms with van der Waals surface area (Å²) in [6, 6.07) is 18.0. The van der Waals surface area contributed by atoms with Crippen molar-refractivity contribution in [3.8, 4) is 28.3 Å². The predicted octanol–water partition coefficient (Wildman–Crippen LogP) is 5.35. The van der Waals surface area contributed by atoms with Crippen LogP contribution >= 0.6 is 0 Å². The molecule has 7 rings (SSSR count). The molecule has 2 atom stereocenters. The van der Waals surface area contributed by atoms with Crippen molar-refractivity contribution in [2.24, 2.45) is 11.7 Å². The first-order valence-electron chi connectivity index (χ1n) is 14.9. The monoisotopic (exact) mass is 581 g/mol. The highest BCUT2D eigenvalue weighted by Crippen LogP contribution is 2.39. The van der Waals surface area contributed by atoms with Gasteiger partial charge in [-0.05, 0) is 73.1 Å². The fourth-order valence-corrected chi connectivity index (χ4v) is 6.46. The maximum Gasteiger partial charge on any atom is 0.255 e. The van der Waals surface area contributed by atoms with Crippen LogP contribution in [-0.4, -0.2) is 62.5 Å². The number of nitrogens with two attached hydrogens (primary N) is 1. The third-order valence-corrected chi connectivity index (χ3v) is 8.84. The average molecular weight is 582 g/mol. The molecule has 1 aliphatic heterocycles. The Hall–Kier alpha value is -4.21. The van der Waals surface area contributed by atoms with E-state index < -0.39 is 6.17 Å². The molecule has 1 amide bonds. The van der Waals surface area contributed by atoms with Crippen LogP contribution in [-0.2, 0) is 13.2 Å². The molecule has 2 fully saturated rings. The molecule has 43 heavy (non-hydrogen) atoms. The summed E-state index contributed by atoms with van der Waals surface area (Å²) in [6.45, 7) is 3.28. The highest BCUT2D eigenvalue weighted by atomic mass is 19.1. The smallest absolute Gasteiger partial charge is 0.255 e. The summed E-state index contributed by atoms with van der Waals surface area (Å²) < 4.78 is 24.1. The first kappa shape index (κ1) is 27.6. The number of hydrogen-bond acceptors (Lipinski definition) is 5. The fourth-order valence-electron chi connectivity index (χ4n) is 6.46. The number of methoxy groups -OCH3 is 1. The number of rotatable bonds is 7. The van der Waals surface area contributed by atoms with Gasteiger partial charge in [0.2, 0.25) is 0 Å². The molecule has 1 aliphatic carbocycles. The van der Waals surface area contributed by atoms with Gasteiger partial charge in [-0.3, -0.25) is 4.79 Å². The fraction of sp³-hybridized carbons (Fsp3) is 0.353. The molecule has 5 aromatic rings. The minimum absolute atomic E-state index is 0.00413. The number of aromatic nitrogens is 3. The van der Waals surface area contributed by atoms with Gasteiger partial charge in [0.25, 0.3) is 5.91 Å². The number of nitrogens with zero attached hydrogens (tertiary/aromatic N) is 4. The van der Waals surface area contributed by atoms with E-state index in [1.807, 2.05) is 25.1 Å². The number of benzene rings is 2. The predicted molar refractivity (Wildman–Crippen MR) is 165 cm³/mol. The van der Waals surface area contributed by atoms with Gasteiger partial charge in [-0.1, -0.05) is 30.3 Å². The Bertz CT molecular complexity index is 1850. The molecule has 1 saturated heterocycles. The molecule has 8 nitrogen and oxygen atoms in total. The molecule has 9 heteroatoms. The molecular formula is C34H36FN5O3. The Morgan fingerprint density at radius 3 is 2.67 bits per heavy atom. The number of carbonyl (C=O) groups excluding carboxylic acids is 1. The minimum Gasteiger partial charge on any atom is -0.494 e.